The maximum atomic E-state index is 5.23. The predicted molar refractivity (Wildman–Crippen MR) is 217 cm³/mol. The van der Waals surface area contributed by atoms with Crippen molar-refractivity contribution in [3.63, 3.8) is 0 Å². The Morgan fingerprint density at radius 3 is 2.11 bits per heavy atom. The average molecular weight is 699 g/mol. The lowest BCUT2D eigenvalue weighted by atomic mass is 9.82. The number of benzene rings is 6. The zero-order chi connectivity index (χ0) is 35.3. The molecule has 11 rings (SSSR count). The highest BCUT2D eigenvalue weighted by atomic mass is 32.1. The smallest absolute Gasteiger partial charge is 0.235 e. The fraction of sp³-hybridized carbons (Fsp3) is 0.0652. The Bertz CT molecular complexity index is 3100. The topological polar surface area (TPSA) is 69.4 Å². The molecule has 0 spiro atoms. The largest absolute Gasteiger partial charge is 0.276 e. The summed E-state index contributed by atoms with van der Waals surface area (Å²) < 4.78 is 4.67. The van der Waals surface area contributed by atoms with Gasteiger partial charge in [0.05, 0.1) is 15.7 Å². The van der Waals surface area contributed by atoms with Crippen molar-refractivity contribution in [2.45, 2.75) is 19.3 Å². The molecule has 4 heterocycles. The van der Waals surface area contributed by atoms with Gasteiger partial charge < -0.3 is 0 Å². The summed E-state index contributed by atoms with van der Waals surface area (Å²) >= 11 is 1.81. The summed E-state index contributed by atoms with van der Waals surface area (Å²) in [5.41, 5.74) is 9.62. The van der Waals surface area contributed by atoms with Gasteiger partial charge in [0, 0.05) is 49.0 Å². The first-order valence-electron chi connectivity index (χ1n) is 17.8. The lowest BCUT2D eigenvalue weighted by Crippen LogP contribution is -2.15. The van der Waals surface area contributed by atoms with Crippen LogP contribution in [0.1, 0.15) is 25.0 Å². The number of para-hydroxylation sites is 1. The van der Waals surface area contributed by atoms with Crippen molar-refractivity contribution in [3.8, 4) is 51.4 Å². The molecule has 1 aliphatic rings. The van der Waals surface area contributed by atoms with Crippen LogP contribution in [0.5, 0.6) is 0 Å². The Labute approximate surface area is 309 Å². The van der Waals surface area contributed by atoms with Crippen LogP contribution in [0, 0.1) is 0 Å². The molecule has 0 saturated heterocycles. The second-order valence-electron chi connectivity index (χ2n) is 14.1. The monoisotopic (exact) mass is 698 g/mol. The van der Waals surface area contributed by atoms with Crippen LogP contribution in [0.4, 0.5) is 0 Å². The van der Waals surface area contributed by atoms with Gasteiger partial charge in [0.2, 0.25) is 5.95 Å². The highest BCUT2D eigenvalue weighted by Crippen LogP contribution is 2.49. The summed E-state index contributed by atoms with van der Waals surface area (Å²) in [7, 11) is 0. The van der Waals surface area contributed by atoms with Crippen LogP contribution in [0.3, 0.4) is 0 Å². The van der Waals surface area contributed by atoms with Gasteiger partial charge in [-0.25, -0.2) is 24.9 Å². The molecule has 0 bridgehead atoms. The molecule has 0 aliphatic heterocycles. The maximum Gasteiger partial charge on any atom is 0.235 e. The summed E-state index contributed by atoms with van der Waals surface area (Å²) in [6, 6.07) is 48.8. The van der Waals surface area contributed by atoms with Gasteiger partial charge in [0.25, 0.3) is 0 Å². The number of fused-ring (bicyclic) bond motifs is 10. The number of rotatable bonds is 4. The van der Waals surface area contributed by atoms with Gasteiger partial charge in [0.15, 0.2) is 17.5 Å². The van der Waals surface area contributed by atoms with Crippen molar-refractivity contribution in [1.29, 1.82) is 0 Å². The fourth-order valence-electron chi connectivity index (χ4n) is 8.20. The number of hydrogen-bond donors (Lipinski definition) is 0. The molecule has 0 radical (unpaired) electrons. The lowest BCUT2D eigenvalue weighted by molar-refractivity contribution is 0.660. The molecule has 0 amide bonds. The van der Waals surface area contributed by atoms with Crippen LogP contribution < -0.4 is 0 Å². The minimum Gasteiger partial charge on any atom is -0.276 e. The van der Waals surface area contributed by atoms with E-state index in [9.17, 15) is 0 Å². The van der Waals surface area contributed by atoms with Crippen LogP contribution in [0.2, 0.25) is 0 Å². The van der Waals surface area contributed by atoms with Crippen molar-refractivity contribution >= 4 is 53.3 Å². The molecule has 0 unspecified atom stereocenters. The van der Waals surface area contributed by atoms with Gasteiger partial charge in [0.1, 0.15) is 5.69 Å². The molecule has 7 heteroatoms. The molecule has 6 nitrogen and oxygen atoms in total. The molecular weight excluding hydrogens is 669 g/mol. The van der Waals surface area contributed by atoms with E-state index < -0.39 is 0 Å². The summed E-state index contributed by atoms with van der Waals surface area (Å²) in [5.74, 6) is 2.26. The van der Waals surface area contributed by atoms with Gasteiger partial charge in [-0.3, -0.25) is 4.57 Å². The molecular formula is C46H30N6S. The highest BCUT2D eigenvalue weighted by Gasteiger charge is 2.35. The summed E-state index contributed by atoms with van der Waals surface area (Å²) in [4.78, 5) is 25.3. The van der Waals surface area contributed by atoms with E-state index in [1.165, 1.54) is 47.8 Å². The average Bonchev–Trinajstić information content (AvgIpc) is 3.84. The van der Waals surface area contributed by atoms with E-state index in [1.807, 2.05) is 53.9 Å². The highest BCUT2D eigenvalue weighted by molar-refractivity contribution is 7.26. The van der Waals surface area contributed by atoms with E-state index in [-0.39, 0.29) is 5.41 Å². The van der Waals surface area contributed by atoms with E-state index in [2.05, 4.69) is 122 Å². The Kier molecular flexibility index (Phi) is 6.37. The molecule has 53 heavy (non-hydrogen) atoms. The SMILES string of the molecule is CC1(C)c2ccccc2-c2ccc(-c3nc(-c4ccccc4)nc(-c4ccnc(-n5c6ccccc6c6ccc7c8ccccc8sc7c65)n4)n3)cc21. The third-order valence-corrected chi connectivity index (χ3v) is 12.0. The van der Waals surface area contributed by atoms with Crippen LogP contribution in [0.15, 0.2) is 146 Å². The van der Waals surface area contributed by atoms with Gasteiger partial charge >= 0.3 is 0 Å². The number of nitrogens with zero attached hydrogens (tertiary/aromatic N) is 6. The predicted octanol–water partition coefficient (Wildman–Crippen LogP) is 11.4. The number of hydrogen-bond acceptors (Lipinski definition) is 6. The molecule has 0 saturated carbocycles. The maximum absolute atomic E-state index is 5.23. The first kappa shape index (κ1) is 30.1. The Balaban J connectivity index is 1.12. The number of aromatic nitrogens is 6. The standard InChI is InChI=1S/C46H30N6S/c1-46(2)35-17-9-6-14-29(35)30-21-20-28(26-36(30)46)43-49-42(27-12-4-3-5-13-27)50-44(51-43)37-24-25-47-45(48-37)52-38-18-10-7-15-31(38)33-22-23-34-32-16-8-11-19-39(32)53-41(34)40(33)52/h3-26H,1-2H3. The molecule has 6 aromatic carbocycles. The van der Waals surface area contributed by atoms with Crippen molar-refractivity contribution in [2.24, 2.45) is 0 Å². The number of thiophene rings is 1. The molecule has 250 valence electrons. The molecule has 1 aliphatic carbocycles. The second-order valence-corrected chi connectivity index (χ2v) is 15.2. The third-order valence-electron chi connectivity index (χ3n) is 10.8. The van der Waals surface area contributed by atoms with E-state index in [4.69, 9.17) is 24.9 Å². The van der Waals surface area contributed by atoms with Crippen LogP contribution in [-0.2, 0) is 5.41 Å². The van der Waals surface area contributed by atoms with Gasteiger partial charge in [-0.15, -0.1) is 11.3 Å². The van der Waals surface area contributed by atoms with Crippen LogP contribution >= 0.6 is 11.3 Å². The van der Waals surface area contributed by atoms with Crippen LogP contribution in [0.25, 0.3) is 93.3 Å². The van der Waals surface area contributed by atoms with Crippen molar-refractivity contribution in [3.05, 3.63) is 157 Å². The van der Waals surface area contributed by atoms with Crippen molar-refractivity contribution in [2.75, 3.05) is 0 Å². The fourth-order valence-corrected chi connectivity index (χ4v) is 9.44. The zero-order valence-electron chi connectivity index (χ0n) is 28.9. The van der Waals surface area contributed by atoms with Gasteiger partial charge in [-0.2, -0.15) is 0 Å². The van der Waals surface area contributed by atoms with Gasteiger partial charge in [-0.05, 0) is 46.5 Å². The van der Waals surface area contributed by atoms with E-state index in [1.54, 1.807) is 0 Å². The minimum absolute atomic E-state index is 0.149. The first-order chi connectivity index (χ1) is 26.0. The summed E-state index contributed by atoms with van der Waals surface area (Å²) in [6.45, 7) is 4.58. The Morgan fingerprint density at radius 2 is 1.23 bits per heavy atom. The molecule has 0 fully saturated rings. The normalized spacial score (nSPS) is 13.2. The molecule has 0 N–H and O–H groups in total. The Morgan fingerprint density at radius 1 is 0.528 bits per heavy atom. The molecule has 4 aromatic heterocycles. The second kappa shape index (κ2) is 11.2. The molecule has 10 aromatic rings. The summed E-state index contributed by atoms with van der Waals surface area (Å²) in [5, 5.41) is 4.81. The van der Waals surface area contributed by atoms with Crippen molar-refractivity contribution < 1.29 is 0 Å². The minimum atomic E-state index is -0.149. The van der Waals surface area contributed by atoms with Gasteiger partial charge in [-0.1, -0.05) is 129 Å². The van der Waals surface area contributed by atoms with E-state index >= 15 is 0 Å². The lowest BCUT2D eigenvalue weighted by Gasteiger charge is -2.21. The van der Waals surface area contributed by atoms with Crippen LogP contribution in [-0.4, -0.2) is 29.5 Å². The molecule has 0 atom stereocenters. The first-order valence-corrected chi connectivity index (χ1v) is 18.6. The Hall–Kier alpha value is -6.57. The van der Waals surface area contributed by atoms with Crippen molar-refractivity contribution in [1.82, 2.24) is 29.5 Å². The van der Waals surface area contributed by atoms with E-state index in [0.717, 1.165) is 27.5 Å². The zero-order valence-corrected chi connectivity index (χ0v) is 29.8. The summed E-state index contributed by atoms with van der Waals surface area (Å²) in [6.07, 6.45) is 1.81. The third kappa shape index (κ3) is 4.47. The quantitative estimate of drug-likeness (QED) is 0.183. The van der Waals surface area contributed by atoms with E-state index in [0.29, 0.717) is 29.1 Å².